The van der Waals surface area contributed by atoms with E-state index in [4.69, 9.17) is 9.47 Å². The molecule has 10 heteroatoms. The van der Waals surface area contributed by atoms with Crippen LogP contribution in [0.1, 0.15) is 24.3 Å². The molecule has 4 rings (SSSR count). The molecule has 1 saturated heterocycles. The third-order valence-electron chi connectivity index (χ3n) is 5.11. The van der Waals surface area contributed by atoms with Gasteiger partial charge >= 0.3 is 5.69 Å². The molecular weight excluding hydrogens is 378 g/mol. The molecule has 3 atom stereocenters. The van der Waals surface area contributed by atoms with Gasteiger partial charge in [0, 0.05) is 23.7 Å². The van der Waals surface area contributed by atoms with Crippen LogP contribution in [0.4, 0.5) is 0 Å². The van der Waals surface area contributed by atoms with Gasteiger partial charge in [-0.15, -0.1) is 5.10 Å². The molecule has 152 valence electrons. The van der Waals surface area contributed by atoms with E-state index < -0.39 is 23.6 Å². The number of hydrogen-bond acceptors (Lipinski definition) is 7. The zero-order valence-corrected chi connectivity index (χ0v) is 16.0. The summed E-state index contributed by atoms with van der Waals surface area (Å²) in [4.78, 5) is 26.2. The molecule has 0 aliphatic carbocycles. The highest BCUT2D eigenvalue weighted by atomic mass is 16.5. The van der Waals surface area contributed by atoms with Crippen LogP contribution >= 0.6 is 0 Å². The lowest BCUT2D eigenvalue weighted by atomic mass is 10.1. The fourth-order valence-electron chi connectivity index (χ4n) is 3.56. The van der Waals surface area contributed by atoms with Crippen LogP contribution in [-0.4, -0.2) is 49.5 Å². The standard InChI is InChI=1S/C19H21N5O5/c1-11-9-23(19(27)21-18(11)26)17-7-14(16(10-25)29-17)24-15(8-20-22-24)12-3-5-13(28-2)6-4-12/h3-6,8-9,14,16-17,25H,7,10H2,1-2H3,(H,21,26,27)/t14-,16+,17+/m0/s1. The lowest BCUT2D eigenvalue weighted by Crippen LogP contribution is -2.33. The molecule has 1 aromatic carbocycles. The SMILES string of the molecule is COc1ccc(-c2cnnn2[C@H]2C[C@H](n3cc(C)c(=O)[nH]c3=O)O[C@@H]2CO)cc1. The number of aryl methyl sites for hydroxylation is 1. The number of ether oxygens (including phenoxy) is 2. The first kappa shape index (κ1) is 19.1. The van der Waals surface area contributed by atoms with Crippen molar-refractivity contribution in [3.05, 3.63) is 63.1 Å². The fourth-order valence-corrected chi connectivity index (χ4v) is 3.56. The highest BCUT2D eigenvalue weighted by molar-refractivity contribution is 5.59. The number of hydrogen-bond donors (Lipinski definition) is 2. The lowest BCUT2D eigenvalue weighted by molar-refractivity contribution is -0.0322. The molecule has 2 aromatic heterocycles. The maximum atomic E-state index is 12.2. The zero-order valence-electron chi connectivity index (χ0n) is 16.0. The van der Waals surface area contributed by atoms with E-state index in [1.54, 1.807) is 24.9 Å². The molecule has 1 aliphatic rings. The third kappa shape index (κ3) is 3.47. The Kier molecular flexibility index (Phi) is 5.03. The molecule has 3 aromatic rings. The Morgan fingerprint density at radius 1 is 1.31 bits per heavy atom. The van der Waals surface area contributed by atoms with E-state index in [2.05, 4.69) is 15.3 Å². The first-order valence-electron chi connectivity index (χ1n) is 9.15. The van der Waals surface area contributed by atoms with Gasteiger partial charge in [-0.25, -0.2) is 9.48 Å². The minimum absolute atomic E-state index is 0.250. The van der Waals surface area contributed by atoms with E-state index in [0.717, 1.165) is 17.0 Å². The minimum atomic E-state index is -0.645. The van der Waals surface area contributed by atoms with Crippen molar-refractivity contribution in [2.75, 3.05) is 13.7 Å². The summed E-state index contributed by atoms with van der Waals surface area (Å²) in [5.41, 5.74) is 1.05. The van der Waals surface area contributed by atoms with Gasteiger partial charge in [-0.2, -0.15) is 0 Å². The van der Waals surface area contributed by atoms with Crippen molar-refractivity contribution in [2.45, 2.75) is 31.7 Å². The van der Waals surface area contributed by atoms with Crippen LogP contribution in [0.3, 0.4) is 0 Å². The predicted molar refractivity (Wildman–Crippen MR) is 103 cm³/mol. The second-order valence-corrected chi connectivity index (χ2v) is 6.89. The van der Waals surface area contributed by atoms with E-state index in [0.29, 0.717) is 12.0 Å². The molecule has 0 radical (unpaired) electrons. The summed E-state index contributed by atoms with van der Waals surface area (Å²) in [6.07, 6.45) is 2.25. The van der Waals surface area contributed by atoms with Crippen molar-refractivity contribution in [3.8, 4) is 17.0 Å². The van der Waals surface area contributed by atoms with Gasteiger partial charge in [-0.1, -0.05) is 5.21 Å². The summed E-state index contributed by atoms with van der Waals surface area (Å²) in [6.45, 7) is 1.37. The van der Waals surface area contributed by atoms with E-state index in [-0.39, 0.29) is 12.6 Å². The summed E-state index contributed by atoms with van der Waals surface area (Å²) >= 11 is 0. The number of nitrogens with zero attached hydrogens (tertiary/aromatic N) is 4. The molecule has 10 nitrogen and oxygen atoms in total. The first-order valence-corrected chi connectivity index (χ1v) is 9.15. The third-order valence-corrected chi connectivity index (χ3v) is 5.11. The van der Waals surface area contributed by atoms with Crippen LogP contribution in [-0.2, 0) is 4.74 Å². The van der Waals surface area contributed by atoms with Gasteiger partial charge < -0.3 is 14.6 Å². The number of aromatic amines is 1. The number of aliphatic hydroxyl groups excluding tert-OH is 1. The summed E-state index contributed by atoms with van der Waals surface area (Å²) in [6, 6.07) is 7.12. The monoisotopic (exact) mass is 399 g/mol. The van der Waals surface area contributed by atoms with Gasteiger partial charge in [0.15, 0.2) is 0 Å². The van der Waals surface area contributed by atoms with Gasteiger partial charge in [0.2, 0.25) is 0 Å². The topological polar surface area (TPSA) is 124 Å². The van der Waals surface area contributed by atoms with Crippen molar-refractivity contribution >= 4 is 0 Å². The number of nitrogens with one attached hydrogen (secondary N) is 1. The molecule has 0 unspecified atom stereocenters. The van der Waals surface area contributed by atoms with Crippen LogP contribution in [0.15, 0.2) is 46.2 Å². The Hall–Kier alpha value is -3.24. The molecule has 1 aliphatic heterocycles. The molecule has 0 spiro atoms. The first-order chi connectivity index (χ1) is 14.0. The van der Waals surface area contributed by atoms with Crippen LogP contribution in [0.2, 0.25) is 0 Å². The zero-order chi connectivity index (χ0) is 20.5. The molecule has 2 N–H and O–H groups in total. The maximum absolute atomic E-state index is 12.2. The Morgan fingerprint density at radius 2 is 2.07 bits per heavy atom. The van der Waals surface area contributed by atoms with E-state index >= 15 is 0 Å². The van der Waals surface area contributed by atoms with Crippen LogP contribution in [0.25, 0.3) is 11.3 Å². The normalized spacial score (nSPS) is 21.4. The number of aromatic nitrogens is 5. The maximum Gasteiger partial charge on any atom is 0.330 e. The average molecular weight is 399 g/mol. The van der Waals surface area contributed by atoms with Crippen LogP contribution in [0.5, 0.6) is 5.75 Å². The summed E-state index contributed by atoms with van der Waals surface area (Å²) in [5, 5.41) is 18.1. The van der Waals surface area contributed by atoms with Crippen molar-refractivity contribution in [3.63, 3.8) is 0 Å². The Bertz CT molecular complexity index is 1120. The minimum Gasteiger partial charge on any atom is -0.497 e. The summed E-state index contributed by atoms with van der Waals surface area (Å²) in [5.74, 6) is 0.734. The number of methoxy groups -OCH3 is 1. The van der Waals surface area contributed by atoms with Crippen molar-refractivity contribution < 1.29 is 14.6 Å². The van der Waals surface area contributed by atoms with Crippen LogP contribution in [0, 0.1) is 6.92 Å². The number of benzene rings is 1. The van der Waals surface area contributed by atoms with E-state index in [9.17, 15) is 14.7 Å². The van der Waals surface area contributed by atoms with E-state index in [1.165, 1.54) is 10.8 Å². The molecular formula is C19H21N5O5. The molecule has 1 fully saturated rings. The van der Waals surface area contributed by atoms with Gasteiger partial charge in [0.05, 0.1) is 31.6 Å². The summed E-state index contributed by atoms with van der Waals surface area (Å²) < 4.78 is 14.2. The Labute approximate surface area is 165 Å². The largest absolute Gasteiger partial charge is 0.497 e. The molecule has 0 bridgehead atoms. The predicted octanol–water partition coefficient (Wildman–Crippen LogP) is 0.633. The number of H-pyrrole nitrogens is 1. The van der Waals surface area contributed by atoms with Crippen molar-refractivity contribution in [1.82, 2.24) is 24.5 Å². The Balaban J connectivity index is 1.67. The van der Waals surface area contributed by atoms with Gasteiger partial charge in [0.1, 0.15) is 18.1 Å². The van der Waals surface area contributed by atoms with Gasteiger partial charge in [-0.05, 0) is 31.2 Å². The molecule has 0 amide bonds. The number of rotatable bonds is 5. The average Bonchev–Trinajstić information content (AvgIpc) is 3.37. The van der Waals surface area contributed by atoms with E-state index in [1.807, 2.05) is 24.3 Å². The van der Waals surface area contributed by atoms with Gasteiger partial charge in [-0.3, -0.25) is 14.3 Å². The second-order valence-electron chi connectivity index (χ2n) is 6.89. The second kappa shape index (κ2) is 7.64. The quantitative estimate of drug-likeness (QED) is 0.645. The lowest BCUT2D eigenvalue weighted by Gasteiger charge is -2.18. The number of aliphatic hydroxyl groups is 1. The highest BCUT2D eigenvalue weighted by Crippen LogP contribution is 2.38. The molecule has 29 heavy (non-hydrogen) atoms. The van der Waals surface area contributed by atoms with Crippen molar-refractivity contribution in [1.29, 1.82) is 0 Å². The fraction of sp³-hybridized carbons (Fsp3) is 0.368. The highest BCUT2D eigenvalue weighted by Gasteiger charge is 2.39. The summed E-state index contributed by atoms with van der Waals surface area (Å²) in [7, 11) is 1.60. The molecule has 0 saturated carbocycles. The Morgan fingerprint density at radius 3 is 2.76 bits per heavy atom. The molecule has 3 heterocycles. The van der Waals surface area contributed by atoms with Crippen molar-refractivity contribution in [2.24, 2.45) is 0 Å². The van der Waals surface area contributed by atoms with Gasteiger partial charge in [0.25, 0.3) is 5.56 Å². The van der Waals surface area contributed by atoms with Crippen LogP contribution < -0.4 is 16.0 Å². The smallest absolute Gasteiger partial charge is 0.330 e.